The predicted octanol–water partition coefficient (Wildman–Crippen LogP) is 4.09. The molecule has 1 saturated heterocycles. The molecule has 2 heterocycles. The lowest BCUT2D eigenvalue weighted by Gasteiger charge is -2.41. The average molecular weight is 406 g/mol. The Morgan fingerprint density at radius 1 is 1.11 bits per heavy atom. The van der Waals surface area contributed by atoms with E-state index < -0.39 is 0 Å². The number of hydrogen-bond acceptors (Lipinski definition) is 4. The molecule has 142 valence electrons. The van der Waals surface area contributed by atoms with E-state index >= 15 is 0 Å². The molecule has 7 heteroatoms. The van der Waals surface area contributed by atoms with E-state index in [1.165, 1.54) is 0 Å². The Morgan fingerprint density at radius 2 is 1.85 bits per heavy atom. The molecule has 5 nitrogen and oxygen atoms in total. The fourth-order valence-corrected chi connectivity index (χ4v) is 3.82. The smallest absolute Gasteiger partial charge is 0.223 e. The highest BCUT2D eigenvalue weighted by Gasteiger charge is 2.27. The minimum atomic E-state index is -0.107. The molecule has 1 aromatic heterocycles. The maximum atomic E-state index is 12.5. The van der Waals surface area contributed by atoms with Gasteiger partial charge in [-0.25, -0.2) is 0 Å². The molecule has 0 bridgehead atoms. The normalized spacial score (nSPS) is 17.1. The van der Waals surface area contributed by atoms with Crippen LogP contribution in [0.5, 0.6) is 0 Å². The first-order chi connectivity index (χ1) is 12.9. The minimum Gasteiger partial charge on any atom is -0.365 e. The Kier molecular flexibility index (Phi) is 6.34. The van der Waals surface area contributed by atoms with Gasteiger partial charge in [-0.1, -0.05) is 29.3 Å². The SMILES string of the molecule is C[C@H]1CN(C(=O)CCC(=O)c2ccccn2)CCN1c1cc(Cl)cc(Cl)c1. The monoisotopic (exact) mass is 405 g/mol. The zero-order valence-electron chi connectivity index (χ0n) is 15.1. The van der Waals surface area contributed by atoms with Crippen molar-refractivity contribution in [3.63, 3.8) is 0 Å². The minimum absolute atomic E-state index is 0.00472. The fraction of sp³-hybridized carbons (Fsp3) is 0.350. The number of amides is 1. The van der Waals surface area contributed by atoms with Crippen molar-refractivity contribution >= 4 is 40.6 Å². The van der Waals surface area contributed by atoms with Crippen molar-refractivity contribution in [1.82, 2.24) is 9.88 Å². The van der Waals surface area contributed by atoms with Crippen molar-refractivity contribution in [2.45, 2.75) is 25.8 Å². The highest BCUT2D eigenvalue weighted by Crippen LogP contribution is 2.28. The molecule has 1 atom stereocenters. The van der Waals surface area contributed by atoms with Gasteiger partial charge in [-0.15, -0.1) is 0 Å². The van der Waals surface area contributed by atoms with Gasteiger partial charge in [0.15, 0.2) is 5.78 Å². The number of piperazine rings is 1. The zero-order valence-corrected chi connectivity index (χ0v) is 16.6. The number of aromatic nitrogens is 1. The van der Waals surface area contributed by atoms with E-state index in [9.17, 15) is 9.59 Å². The third kappa shape index (κ3) is 4.99. The first-order valence-corrected chi connectivity index (χ1v) is 9.64. The second-order valence-corrected chi connectivity index (χ2v) is 7.52. The summed E-state index contributed by atoms with van der Waals surface area (Å²) in [6.45, 7) is 3.96. The van der Waals surface area contributed by atoms with Crippen molar-refractivity contribution in [1.29, 1.82) is 0 Å². The number of halogens is 2. The summed E-state index contributed by atoms with van der Waals surface area (Å²) in [4.78, 5) is 32.7. The first kappa shape index (κ1) is 19.6. The maximum absolute atomic E-state index is 12.5. The Morgan fingerprint density at radius 3 is 2.48 bits per heavy atom. The molecule has 1 amide bonds. The molecule has 0 saturated carbocycles. The van der Waals surface area contributed by atoms with Crippen LogP contribution in [0.25, 0.3) is 0 Å². The molecule has 27 heavy (non-hydrogen) atoms. The summed E-state index contributed by atoms with van der Waals surface area (Å²) < 4.78 is 0. The van der Waals surface area contributed by atoms with Crippen molar-refractivity contribution < 1.29 is 9.59 Å². The number of benzene rings is 1. The molecule has 1 aliphatic heterocycles. The zero-order chi connectivity index (χ0) is 19.4. The molecule has 1 fully saturated rings. The Labute approximate surface area is 168 Å². The highest BCUT2D eigenvalue weighted by atomic mass is 35.5. The molecule has 0 aliphatic carbocycles. The van der Waals surface area contributed by atoms with Gasteiger partial charge in [0.2, 0.25) is 5.91 Å². The number of ketones is 1. The van der Waals surface area contributed by atoms with Crippen LogP contribution in [-0.2, 0) is 4.79 Å². The fourth-order valence-electron chi connectivity index (χ4n) is 3.31. The van der Waals surface area contributed by atoms with E-state index in [0.717, 1.165) is 5.69 Å². The van der Waals surface area contributed by atoms with Gasteiger partial charge in [0.25, 0.3) is 0 Å². The second-order valence-electron chi connectivity index (χ2n) is 6.65. The van der Waals surface area contributed by atoms with E-state index in [-0.39, 0.29) is 30.6 Å². The Hall–Kier alpha value is -2.11. The molecule has 0 N–H and O–H groups in total. The van der Waals surface area contributed by atoms with Crippen molar-refractivity contribution in [2.75, 3.05) is 24.5 Å². The standard InChI is InChI=1S/C20H21Cl2N3O2/c1-14-13-24(8-9-25(14)17-11-15(21)10-16(22)12-17)20(27)6-5-19(26)18-4-2-3-7-23-18/h2-4,7,10-12,14H,5-6,8-9,13H2,1H3/t14-/m0/s1. The second kappa shape index (κ2) is 8.72. The Balaban J connectivity index is 1.55. The van der Waals surface area contributed by atoms with E-state index in [0.29, 0.717) is 35.4 Å². The molecule has 2 aromatic rings. The summed E-state index contributed by atoms with van der Waals surface area (Å²) in [5.41, 5.74) is 1.36. The van der Waals surface area contributed by atoms with Crippen molar-refractivity contribution in [3.05, 3.63) is 58.3 Å². The van der Waals surface area contributed by atoms with Crippen LogP contribution in [0.4, 0.5) is 5.69 Å². The number of carbonyl (C=O) groups excluding carboxylic acids is 2. The predicted molar refractivity (Wildman–Crippen MR) is 108 cm³/mol. The van der Waals surface area contributed by atoms with Crippen LogP contribution < -0.4 is 4.90 Å². The quantitative estimate of drug-likeness (QED) is 0.702. The van der Waals surface area contributed by atoms with Crippen molar-refractivity contribution in [2.24, 2.45) is 0 Å². The molecular formula is C20H21Cl2N3O2. The number of rotatable bonds is 5. The first-order valence-electron chi connectivity index (χ1n) is 8.89. The lowest BCUT2D eigenvalue weighted by Crippen LogP contribution is -2.53. The van der Waals surface area contributed by atoms with Crippen LogP contribution in [0.3, 0.4) is 0 Å². The molecule has 0 unspecified atom stereocenters. The van der Waals surface area contributed by atoms with Gasteiger partial charge in [0, 0.05) is 60.4 Å². The summed E-state index contributed by atoms with van der Waals surface area (Å²) in [6.07, 6.45) is 1.96. The van der Waals surface area contributed by atoms with E-state index in [1.807, 2.05) is 17.0 Å². The average Bonchev–Trinajstić information content (AvgIpc) is 2.65. The lowest BCUT2D eigenvalue weighted by atomic mass is 10.1. The van der Waals surface area contributed by atoms with Crippen LogP contribution in [0, 0.1) is 0 Å². The van der Waals surface area contributed by atoms with Gasteiger partial charge in [-0.3, -0.25) is 14.6 Å². The highest BCUT2D eigenvalue weighted by molar-refractivity contribution is 6.35. The number of anilines is 1. The van der Waals surface area contributed by atoms with Crippen LogP contribution in [0.2, 0.25) is 10.0 Å². The van der Waals surface area contributed by atoms with Gasteiger partial charge in [-0.05, 0) is 37.3 Å². The summed E-state index contributed by atoms with van der Waals surface area (Å²) in [6, 6.07) is 10.8. The molecule has 1 aliphatic rings. The molecule has 1 aromatic carbocycles. The molecule has 0 spiro atoms. The number of Topliss-reactive ketones (excluding diaryl/α,β-unsaturated/α-hetero) is 1. The topological polar surface area (TPSA) is 53.5 Å². The van der Waals surface area contributed by atoms with Gasteiger partial charge in [0.1, 0.15) is 5.69 Å². The van der Waals surface area contributed by atoms with Gasteiger partial charge in [0.05, 0.1) is 0 Å². The maximum Gasteiger partial charge on any atom is 0.223 e. The molecular weight excluding hydrogens is 385 g/mol. The summed E-state index contributed by atoms with van der Waals surface area (Å²) in [5, 5.41) is 1.19. The third-order valence-corrected chi connectivity index (χ3v) is 5.11. The number of pyridine rings is 1. The lowest BCUT2D eigenvalue weighted by molar-refractivity contribution is -0.131. The summed E-state index contributed by atoms with van der Waals surface area (Å²) in [7, 11) is 0. The number of nitrogens with zero attached hydrogens (tertiary/aromatic N) is 3. The van der Waals surface area contributed by atoms with Crippen LogP contribution >= 0.6 is 23.2 Å². The molecule has 3 rings (SSSR count). The van der Waals surface area contributed by atoms with E-state index in [2.05, 4.69) is 16.8 Å². The van der Waals surface area contributed by atoms with Gasteiger partial charge < -0.3 is 9.80 Å². The third-order valence-electron chi connectivity index (χ3n) is 4.68. The molecule has 0 radical (unpaired) electrons. The van der Waals surface area contributed by atoms with Crippen molar-refractivity contribution in [3.8, 4) is 0 Å². The van der Waals surface area contributed by atoms with E-state index in [4.69, 9.17) is 23.2 Å². The van der Waals surface area contributed by atoms with Crippen LogP contribution in [0.1, 0.15) is 30.3 Å². The van der Waals surface area contributed by atoms with E-state index in [1.54, 1.807) is 30.5 Å². The number of carbonyl (C=O) groups is 2. The summed E-state index contributed by atoms with van der Waals surface area (Å²) >= 11 is 12.2. The van der Waals surface area contributed by atoms with Gasteiger partial charge in [-0.2, -0.15) is 0 Å². The number of hydrogen-bond donors (Lipinski definition) is 0. The van der Waals surface area contributed by atoms with Gasteiger partial charge >= 0.3 is 0 Å². The van der Waals surface area contributed by atoms with Crippen LogP contribution in [-0.4, -0.2) is 47.3 Å². The summed E-state index contributed by atoms with van der Waals surface area (Å²) in [5.74, 6) is -0.112. The largest absolute Gasteiger partial charge is 0.365 e. The Bertz CT molecular complexity index is 809. The van der Waals surface area contributed by atoms with Crippen LogP contribution in [0.15, 0.2) is 42.6 Å².